The molecule has 0 bridgehead atoms. The molecule has 7 heteroatoms. The molecule has 1 heterocycles. The first-order chi connectivity index (χ1) is 13.5. The Labute approximate surface area is 169 Å². The molecule has 3 aromatic rings. The zero-order valence-corrected chi connectivity index (χ0v) is 17.5. The number of carbonyl (C=O) groups excluding carboxylic acids is 1. The van der Waals surface area contributed by atoms with Crippen LogP contribution in [0, 0.1) is 13.8 Å². The average molecular weight is 396 g/mol. The molecule has 3 rings (SSSR count). The summed E-state index contributed by atoms with van der Waals surface area (Å²) in [6.07, 6.45) is 1.01. The van der Waals surface area contributed by atoms with Crippen molar-refractivity contribution < 1.29 is 4.79 Å². The third kappa shape index (κ3) is 4.78. The SMILES string of the molecule is CCc1ccc(CN(C)C(=O)CSc2nnnn2-c2ccc(C)c(C)c2)cc1. The highest BCUT2D eigenvalue weighted by molar-refractivity contribution is 7.99. The van der Waals surface area contributed by atoms with Gasteiger partial charge in [-0.1, -0.05) is 49.0 Å². The molecular formula is C21H25N5OS. The van der Waals surface area contributed by atoms with E-state index in [-0.39, 0.29) is 11.7 Å². The molecule has 1 aromatic heterocycles. The fourth-order valence-electron chi connectivity index (χ4n) is 2.77. The summed E-state index contributed by atoms with van der Waals surface area (Å²) in [5, 5.41) is 12.5. The van der Waals surface area contributed by atoms with E-state index < -0.39 is 0 Å². The molecular weight excluding hydrogens is 370 g/mol. The number of rotatable bonds is 7. The Balaban J connectivity index is 1.61. The fourth-order valence-corrected chi connectivity index (χ4v) is 3.60. The van der Waals surface area contributed by atoms with Gasteiger partial charge in [-0.3, -0.25) is 4.79 Å². The van der Waals surface area contributed by atoms with Crippen molar-refractivity contribution in [2.75, 3.05) is 12.8 Å². The van der Waals surface area contributed by atoms with Crippen molar-refractivity contribution in [3.63, 3.8) is 0 Å². The van der Waals surface area contributed by atoms with Gasteiger partial charge in [0.15, 0.2) is 0 Å². The standard InChI is InChI=1S/C21H25N5OS/c1-5-17-7-9-18(10-8-17)13-25(4)20(27)14-28-21-22-23-24-26(21)19-11-6-15(2)16(3)12-19/h6-12H,5,13-14H2,1-4H3. The van der Waals surface area contributed by atoms with Crippen molar-refractivity contribution in [2.45, 2.75) is 38.9 Å². The minimum atomic E-state index is 0.0409. The Morgan fingerprint density at radius 1 is 1.07 bits per heavy atom. The predicted octanol–water partition coefficient (Wildman–Crippen LogP) is 3.59. The minimum Gasteiger partial charge on any atom is -0.341 e. The van der Waals surface area contributed by atoms with Crippen LogP contribution in [0.4, 0.5) is 0 Å². The summed E-state index contributed by atoms with van der Waals surface area (Å²) in [5.74, 6) is 0.327. The van der Waals surface area contributed by atoms with Gasteiger partial charge in [-0.2, -0.15) is 4.68 Å². The number of hydrogen-bond donors (Lipinski definition) is 0. The minimum absolute atomic E-state index is 0.0409. The van der Waals surface area contributed by atoms with Crippen LogP contribution < -0.4 is 0 Å². The zero-order chi connectivity index (χ0) is 20.1. The topological polar surface area (TPSA) is 63.9 Å². The summed E-state index contributed by atoms with van der Waals surface area (Å²) in [7, 11) is 1.82. The Hall–Kier alpha value is -2.67. The fraction of sp³-hybridized carbons (Fsp3) is 0.333. The molecule has 0 saturated carbocycles. The first kappa shape index (κ1) is 20.1. The van der Waals surface area contributed by atoms with E-state index in [1.54, 1.807) is 9.58 Å². The second-order valence-corrected chi connectivity index (χ2v) is 7.79. The molecule has 0 fully saturated rings. The van der Waals surface area contributed by atoms with Crippen LogP contribution in [-0.2, 0) is 17.8 Å². The van der Waals surface area contributed by atoms with Crippen molar-refractivity contribution in [3.05, 3.63) is 64.7 Å². The van der Waals surface area contributed by atoms with Crippen LogP contribution in [0.5, 0.6) is 0 Å². The molecule has 28 heavy (non-hydrogen) atoms. The van der Waals surface area contributed by atoms with Gasteiger partial charge in [-0.05, 0) is 65.1 Å². The van der Waals surface area contributed by atoms with Gasteiger partial charge in [0.25, 0.3) is 0 Å². The van der Waals surface area contributed by atoms with Crippen molar-refractivity contribution in [3.8, 4) is 5.69 Å². The molecule has 0 spiro atoms. The molecule has 0 unspecified atom stereocenters. The third-order valence-corrected chi connectivity index (χ3v) is 5.68. The quantitative estimate of drug-likeness (QED) is 0.572. The molecule has 0 radical (unpaired) electrons. The monoisotopic (exact) mass is 395 g/mol. The van der Waals surface area contributed by atoms with E-state index in [0.717, 1.165) is 17.7 Å². The maximum absolute atomic E-state index is 12.5. The molecule has 0 atom stereocenters. The molecule has 0 aliphatic carbocycles. The number of benzene rings is 2. The first-order valence-corrected chi connectivity index (χ1v) is 10.3. The molecule has 2 aromatic carbocycles. The van der Waals surface area contributed by atoms with Crippen molar-refractivity contribution >= 4 is 17.7 Å². The van der Waals surface area contributed by atoms with E-state index >= 15 is 0 Å². The number of nitrogens with zero attached hydrogens (tertiary/aromatic N) is 5. The van der Waals surface area contributed by atoms with Crippen LogP contribution >= 0.6 is 11.8 Å². The van der Waals surface area contributed by atoms with Crippen LogP contribution in [0.15, 0.2) is 47.6 Å². The van der Waals surface area contributed by atoms with E-state index in [1.807, 2.05) is 25.2 Å². The molecule has 1 amide bonds. The average Bonchev–Trinajstić information content (AvgIpc) is 3.17. The number of hydrogen-bond acceptors (Lipinski definition) is 5. The summed E-state index contributed by atoms with van der Waals surface area (Å²) >= 11 is 1.35. The maximum Gasteiger partial charge on any atom is 0.233 e. The number of aryl methyl sites for hydroxylation is 3. The third-order valence-electron chi connectivity index (χ3n) is 4.78. The van der Waals surface area contributed by atoms with E-state index in [0.29, 0.717) is 11.7 Å². The highest BCUT2D eigenvalue weighted by Gasteiger charge is 2.15. The van der Waals surface area contributed by atoms with Crippen LogP contribution in [0.2, 0.25) is 0 Å². The van der Waals surface area contributed by atoms with Gasteiger partial charge in [0.05, 0.1) is 11.4 Å². The lowest BCUT2D eigenvalue weighted by atomic mass is 10.1. The van der Waals surface area contributed by atoms with Gasteiger partial charge < -0.3 is 4.90 Å². The van der Waals surface area contributed by atoms with Crippen LogP contribution in [0.1, 0.15) is 29.2 Å². The van der Waals surface area contributed by atoms with Crippen molar-refractivity contribution in [1.82, 2.24) is 25.1 Å². The van der Waals surface area contributed by atoms with Gasteiger partial charge in [0, 0.05) is 13.6 Å². The van der Waals surface area contributed by atoms with Crippen LogP contribution in [0.3, 0.4) is 0 Å². The first-order valence-electron chi connectivity index (χ1n) is 9.28. The van der Waals surface area contributed by atoms with E-state index in [4.69, 9.17) is 0 Å². The number of tetrazole rings is 1. The highest BCUT2D eigenvalue weighted by Crippen LogP contribution is 2.20. The van der Waals surface area contributed by atoms with Crippen LogP contribution in [0.25, 0.3) is 5.69 Å². The summed E-state index contributed by atoms with van der Waals surface area (Å²) in [6.45, 7) is 6.85. The van der Waals surface area contributed by atoms with Gasteiger partial charge in [-0.25, -0.2) is 0 Å². The highest BCUT2D eigenvalue weighted by atomic mass is 32.2. The smallest absolute Gasteiger partial charge is 0.233 e. The van der Waals surface area contributed by atoms with E-state index in [2.05, 4.69) is 60.6 Å². The Morgan fingerprint density at radius 3 is 2.46 bits per heavy atom. The Kier molecular flexibility index (Phi) is 6.46. The second-order valence-electron chi connectivity index (χ2n) is 6.85. The normalized spacial score (nSPS) is 10.9. The Bertz CT molecular complexity index is 952. The number of carbonyl (C=O) groups is 1. The summed E-state index contributed by atoms with van der Waals surface area (Å²) < 4.78 is 1.67. The largest absolute Gasteiger partial charge is 0.341 e. The lowest BCUT2D eigenvalue weighted by Gasteiger charge is -2.17. The van der Waals surface area contributed by atoms with Gasteiger partial charge in [0.2, 0.25) is 11.1 Å². The molecule has 0 aliphatic heterocycles. The summed E-state index contributed by atoms with van der Waals surface area (Å²) in [5.41, 5.74) is 5.71. The second kappa shape index (κ2) is 9.01. The van der Waals surface area contributed by atoms with Gasteiger partial charge >= 0.3 is 0 Å². The number of thioether (sulfide) groups is 1. The van der Waals surface area contributed by atoms with Gasteiger partial charge in [-0.15, -0.1) is 5.10 Å². The predicted molar refractivity (Wildman–Crippen MR) is 112 cm³/mol. The number of aromatic nitrogens is 4. The Morgan fingerprint density at radius 2 is 1.79 bits per heavy atom. The van der Waals surface area contributed by atoms with E-state index in [9.17, 15) is 4.79 Å². The zero-order valence-electron chi connectivity index (χ0n) is 16.7. The van der Waals surface area contributed by atoms with Crippen molar-refractivity contribution in [1.29, 1.82) is 0 Å². The summed E-state index contributed by atoms with van der Waals surface area (Å²) in [4.78, 5) is 14.3. The summed E-state index contributed by atoms with van der Waals surface area (Å²) in [6, 6.07) is 14.5. The van der Waals surface area contributed by atoms with E-state index in [1.165, 1.54) is 28.5 Å². The number of amides is 1. The molecule has 0 saturated heterocycles. The molecule has 146 valence electrons. The van der Waals surface area contributed by atoms with Crippen molar-refractivity contribution in [2.24, 2.45) is 0 Å². The lowest BCUT2D eigenvalue weighted by Crippen LogP contribution is -2.27. The van der Waals surface area contributed by atoms with Crippen LogP contribution in [-0.4, -0.2) is 43.8 Å². The van der Waals surface area contributed by atoms with Gasteiger partial charge in [0.1, 0.15) is 0 Å². The lowest BCUT2D eigenvalue weighted by molar-refractivity contribution is -0.127. The molecule has 0 N–H and O–H groups in total. The molecule has 0 aliphatic rings. The maximum atomic E-state index is 12.5. The molecule has 6 nitrogen and oxygen atoms in total.